The first-order chi connectivity index (χ1) is 14.3. The summed E-state index contributed by atoms with van der Waals surface area (Å²) in [7, 11) is 1.55. The Morgan fingerprint density at radius 2 is 2.07 bits per heavy atom. The number of nitrogens with zero attached hydrogens (tertiary/aromatic N) is 3. The summed E-state index contributed by atoms with van der Waals surface area (Å²) in [6.45, 7) is 0. The summed E-state index contributed by atoms with van der Waals surface area (Å²) in [5, 5.41) is 21.6. The zero-order valence-electron chi connectivity index (χ0n) is 15.7. The van der Waals surface area contributed by atoms with Crippen molar-refractivity contribution in [2.24, 2.45) is 12.0 Å². The highest BCUT2D eigenvalue weighted by Crippen LogP contribution is 2.46. The van der Waals surface area contributed by atoms with Crippen LogP contribution in [0.25, 0.3) is 0 Å². The number of thioether (sulfide) groups is 1. The van der Waals surface area contributed by atoms with Gasteiger partial charge in [-0.15, -0.1) is 11.8 Å². The van der Waals surface area contributed by atoms with Crippen LogP contribution in [0.1, 0.15) is 22.8 Å². The molecule has 0 saturated heterocycles. The summed E-state index contributed by atoms with van der Waals surface area (Å²) in [6.07, 6.45) is 0.286. The molecule has 2 N–H and O–H groups in total. The second kappa shape index (κ2) is 7.88. The van der Waals surface area contributed by atoms with Crippen LogP contribution in [-0.2, 0) is 7.05 Å². The molecule has 0 saturated carbocycles. The summed E-state index contributed by atoms with van der Waals surface area (Å²) < 4.78 is 1.40. The molecule has 8 nitrogen and oxygen atoms in total. The van der Waals surface area contributed by atoms with Crippen LogP contribution in [-0.4, -0.2) is 25.3 Å². The largest absolute Gasteiger partial charge is 0.494 e. The van der Waals surface area contributed by atoms with E-state index in [-0.39, 0.29) is 33.6 Å². The first-order valence-corrected chi connectivity index (χ1v) is 10.2. The second-order valence-corrected chi connectivity index (χ2v) is 8.34. The van der Waals surface area contributed by atoms with E-state index >= 15 is 0 Å². The average Bonchev–Trinajstić information content (AvgIpc) is 2.92. The van der Waals surface area contributed by atoms with Crippen LogP contribution in [0.2, 0.25) is 0 Å². The van der Waals surface area contributed by atoms with Gasteiger partial charge < -0.3 is 5.11 Å². The Morgan fingerprint density at radius 3 is 2.83 bits per heavy atom. The van der Waals surface area contributed by atoms with Gasteiger partial charge in [-0.1, -0.05) is 24.3 Å². The van der Waals surface area contributed by atoms with Crippen LogP contribution in [0.15, 0.2) is 63.2 Å². The minimum absolute atomic E-state index is 0.00771. The quantitative estimate of drug-likeness (QED) is 0.354. The molecule has 10 heteroatoms. The number of hydrogen-bond donors (Lipinski definition) is 2. The maximum absolute atomic E-state index is 12.7. The normalized spacial score (nSPS) is 15.8. The van der Waals surface area contributed by atoms with Gasteiger partial charge >= 0.3 is 0 Å². The highest BCUT2D eigenvalue weighted by Gasteiger charge is 2.27. The molecule has 0 spiro atoms. The topological polar surface area (TPSA) is 114 Å². The number of aromatic nitrogens is 2. The lowest BCUT2D eigenvalue weighted by Crippen LogP contribution is -2.23. The predicted molar refractivity (Wildman–Crippen MR) is 117 cm³/mol. The average molecular weight is 441 g/mol. The number of rotatable bonds is 3. The monoisotopic (exact) mass is 440 g/mol. The summed E-state index contributed by atoms with van der Waals surface area (Å²) in [6, 6.07) is 13.9. The van der Waals surface area contributed by atoms with E-state index in [0.717, 1.165) is 10.5 Å². The number of hydrogen-bond acceptors (Lipinski definition) is 7. The Morgan fingerprint density at radius 1 is 1.30 bits per heavy atom. The molecule has 2 aromatic carbocycles. The zero-order chi connectivity index (χ0) is 21.4. The van der Waals surface area contributed by atoms with Crippen molar-refractivity contribution < 1.29 is 10.0 Å². The third-order valence-corrected chi connectivity index (χ3v) is 6.50. The van der Waals surface area contributed by atoms with Gasteiger partial charge in [0.2, 0.25) is 5.88 Å². The van der Waals surface area contributed by atoms with E-state index in [9.17, 15) is 20.0 Å². The van der Waals surface area contributed by atoms with E-state index in [0.29, 0.717) is 11.4 Å². The number of aromatic hydroxyl groups is 1. The number of aromatic amines is 1. The van der Waals surface area contributed by atoms with Crippen molar-refractivity contribution in [1.82, 2.24) is 9.55 Å². The molecule has 4 rings (SSSR count). The number of para-hydroxylation sites is 1. The lowest BCUT2D eigenvalue weighted by molar-refractivity contribution is -0.384. The minimum Gasteiger partial charge on any atom is -0.494 e. The molecule has 1 aliphatic heterocycles. The molecule has 3 aromatic rings. The Kier molecular flexibility index (Phi) is 5.27. The molecule has 0 bridgehead atoms. The molecule has 0 fully saturated rings. The van der Waals surface area contributed by atoms with Crippen molar-refractivity contribution in [2.45, 2.75) is 16.6 Å². The number of benzene rings is 2. The van der Waals surface area contributed by atoms with Gasteiger partial charge in [-0.05, 0) is 29.9 Å². The van der Waals surface area contributed by atoms with Gasteiger partial charge in [0.15, 0.2) is 4.77 Å². The SMILES string of the molecule is Cn1c(O)c(C2=Nc3ccccc3S[C@H](c3cccc([N+](=O)[O-])c3)C2)c(=O)[nH]c1=S. The van der Waals surface area contributed by atoms with Gasteiger partial charge in [-0.3, -0.25) is 29.5 Å². The van der Waals surface area contributed by atoms with Gasteiger partial charge in [0, 0.05) is 35.7 Å². The minimum atomic E-state index is -0.531. The predicted octanol–water partition coefficient (Wildman–Crippen LogP) is 4.41. The molecule has 0 unspecified atom stereocenters. The smallest absolute Gasteiger partial charge is 0.269 e. The fourth-order valence-electron chi connectivity index (χ4n) is 3.26. The summed E-state index contributed by atoms with van der Waals surface area (Å²) >= 11 is 6.57. The molecular formula is C20H16N4O4S2. The molecule has 1 aromatic heterocycles. The Labute approximate surface area is 180 Å². The maximum Gasteiger partial charge on any atom is 0.269 e. The summed E-state index contributed by atoms with van der Waals surface area (Å²) in [5.74, 6) is -0.273. The lowest BCUT2D eigenvalue weighted by Gasteiger charge is -2.16. The van der Waals surface area contributed by atoms with Crippen LogP contribution >= 0.6 is 24.0 Å². The van der Waals surface area contributed by atoms with Gasteiger partial charge in [0.25, 0.3) is 11.2 Å². The van der Waals surface area contributed by atoms with E-state index in [1.807, 2.05) is 30.3 Å². The molecule has 1 aliphatic rings. The van der Waals surface area contributed by atoms with Crippen molar-refractivity contribution in [1.29, 1.82) is 0 Å². The third-order valence-electron chi connectivity index (χ3n) is 4.80. The molecule has 2 heterocycles. The zero-order valence-corrected chi connectivity index (χ0v) is 17.4. The fraction of sp³-hybridized carbons (Fsp3) is 0.150. The first-order valence-electron chi connectivity index (χ1n) is 8.95. The number of aliphatic imine (C=N–C) groups is 1. The maximum atomic E-state index is 12.7. The molecule has 152 valence electrons. The number of nitrogens with one attached hydrogen (secondary N) is 1. The van der Waals surface area contributed by atoms with Crippen LogP contribution < -0.4 is 5.56 Å². The van der Waals surface area contributed by atoms with E-state index in [1.165, 1.54) is 28.5 Å². The number of nitro groups is 1. The second-order valence-electron chi connectivity index (χ2n) is 6.71. The third kappa shape index (κ3) is 3.66. The van der Waals surface area contributed by atoms with E-state index in [4.69, 9.17) is 12.2 Å². The highest BCUT2D eigenvalue weighted by atomic mass is 32.2. The highest BCUT2D eigenvalue weighted by molar-refractivity contribution is 7.99. The van der Waals surface area contributed by atoms with E-state index < -0.39 is 10.5 Å². The summed E-state index contributed by atoms with van der Waals surface area (Å²) in [5.41, 5.74) is 1.28. The number of H-pyrrole nitrogens is 1. The van der Waals surface area contributed by atoms with Crippen molar-refractivity contribution in [3.05, 3.63) is 84.9 Å². The van der Waals surface area contributed by atoms with E-state index in [2.05, 4.69) is 9.98 Å². The Hall–Kier alpha value is -3.24. The van der Waals surface area contributed by atoms with Crippen LogP contribution in [0, 0.1) is 14.9 Å². The standard InChI is InChI=1S/C20H16N4O4S2/c1-23-19(26)17(18(25)22-20(23)29)14-10-16(11-5-4-6-12(9-11)24(27)28)30-15-8-3-2-7-13(15)21-14/h2-9,16,26H,10H2,1H3,(H,22,25,29)/t16-/m0/s1. The first kappa shape index (κ1) is 20.0. The molecule has 1 atom stereocenters. The molecule has 30 heavy (non-hydrogen) atoms. The van der Waals surface area contributed by atoms with Crippen LogP contribution in [0.4, 0.5) is 11.4 Å². The van der Waals surface area contributed by atoms with Crippen LogP contribution in [0.5, 0.6) is 5.88 Å². The lowest BCUT2D eigenvalue weighted by atomic mass is 10.0. The van der Waals surface area contributed by atoms with E-state index in [1.54, 1.807) is 13.1 Å². The number of nitro benzene ring substituents is 1. The van der Waals surface area contributed by atoms with Crippen molar-refractivity contribution in [3.8, 4) is 5.88 Å². The van der Waals surface area contributed by atoms with Crippen molar-refractivity contribution in [3.63, 3.8) is 0 Å². The number of non-ortho nitro benzene ring substituents is 1. The molecule has 0 aliphatic carbocycles. The molecular weight excluding hydrogens is 424 g/mol. The van der Waals surface area contributed by atoms with Gasteiger partial charge in [-0.25, -0.2) is 0 Å². The Bertz CT molecular complexity index is 1310. The molecule has 0 radical (unpaired) electrons. The molecule has 0 amide bonds. The van der Waals surface area contributed by atoms with Gasteiger partial charge in [0.05, 0.1) is 16.3 Å². The van der Waals surface area contributed by atoms with Crippen molar-refractivity contribution >= 4 is 41.1 Å². The Balaban J connectivity index is 1.90. The fourth-order valence-corrected chi connectivity index (χ4v) is 4.66. The van der Waals surface area contributed by atoms with Gasteiger partial charge in [0.1, 0.15) is 5.56 Å². The number of fused-ring (bicyclic) bond motifs is 1. The van der Waals surface area contributed by atoms with Gasteiger partial charge in [-0.2, -0.15) is 0 Å². The van der Waals surface area contributed by atoms with Crippen molar-refractivity contribution in [2.75, 3.05) is 0 Å². The summed E-state index contributed by atoms with van der Waals surface area (Å²) in [4.78, 5) is 31.5. The van der Waals surface area contributed by atoms with Crippen LogP contribution in [0.3, 0.4) is 0 Å².